The van der Waals surface area contributed by atoms with Crippen molar-refractivity contribution in [3.63, 3.8) is 0 Å². The standard InChI is InChI=1S/C46H42N4/c1-45(2,34-24-12-7-13-25-34)35-26-14-17-29-38(35)47-43-41(32-20-8-5-9-21-32)48-49-42(33-22-10-6-11-23-33)44(43)50-39-30-18-15-27-36(39)46(3,4)37-28-16-19-31-40(37)50/h5-31,36,39H,1-4H3,(H,47,49). The summed E-state index contributed by atoms with van der Waals surface area (Å²) in [6, 6.07) is 49.3. The van der Waals surface area contributed by atoms with Crippen LogP contribution >= 0.6 is 0 Å². The van der Waals surface area contributed by atoms with Crippen LogP contribution in [-0.2, 0) is 10.8 Å². The third-order valence-corrected chi connectivity index (χ3v) is 10.7. The van der Waals surface area contributed by atoms with Gasteiger partial charge in [-0.05, 0) is 28.8 Å². The van der Waals surface area contributed by atoms with Crippen molar-refractivity contribution in [1.29, 1.82) is 0 Å². The quantitative estimate of drug-likeness (QED) is 0.187. The molecule has 1 aliphatic carbocycles. The smallest absolute Gasteiger partial charge is 0.119 e. The third kappa shape index (κ3) is 5.32. The van der Waals surface area contributed by atoms with Gasteiger partial charge in [0.05, 0.1) is 17.4 Å². The molecule has 0 amide bonds. The Morgan fingerprint density at radius 1 is 0.620 bits per heavy atom. The van der Waals surface area contributed by atoms with Crippen LogP contribution in [0.15, 0.2) is 164 Å². The Bertz CT molecular complexity index is 2200. The van der Waals surface area contributed by atoms with Crippen LogP contribution in [0.5, 0.6) is 0 Å². The molecule has 1 aromatic heterocycles. The molecule has 4 heteroatoms. The summed E-state index contributed by atoms with van der Waals surface area (Å²) < 4.78 is 0. The largest absolute Gasteiger partial charge is 0.352 e. The Labute approximate surface area is 295 Å². The van der Waals surface area contributed by atoms with Crippen LogP contribution < -0.4 is 10.2 Å². The van der Waals surface area contributed by atoms with E-state index in [-0.39, 0.29) is 22.8 Å². The predicted molar refractivity (Wildman–Crippen MR) is 208 cm³/mol. The molecule has 0 bridgehead atoms. The van der Waals surface area contributed by atoms with Crippen LogP contribution in [0.3, 0.4) is 0 Å². The zero-order valence-corrected chi connectivity index (χ0v) is 29.1. The number of hydrogen-bond donors (Lipinski definition) is 1. The predicted octanol–water partition coefficient (Wildman–Crippen LogP) is 11.4. The monoisotopic (exact) mass is 650 g/mol. The summed E-state index contributed by atoms with van der Waals surface area (Å²) in [5.41, 5.74) is 11.2. The molecule has 0 radical (unpaired) electrons. The van der Waals surface area contributed by atoms with Gasteiger partial charge in [-0.3, -0.25) is 0 Å². The SMILES string of the molecule is CC(C)(c1ccccc1)c1ccccc1Nc1c(-c2ccccc2)nnc(-c2ccccc2)c1N1c2ccccc2C(C)(C)C2C=CC=CC21. The summed E-state index contributed by atoms with van der Waals surface area (Å²) in [6.07, 6.45) is 9.13. The van der Waals surface area contributed by atoms with E-state index in [1.165, 1.54) is 22.4 Å². The van der Waals surface area contributed by atoms with Gasteiger partial charge >= 0.3 is 0 Å². The van der Waals surface area contributed by atoms with Gasteiger partial charge in [-0.25, -0.2) is 0 Å². The summed E-state index contributed by atoms with van der Waals surface area (Å²) >= 11 is 0. The second-order valence-electron chi connectivity index (χ2n) is 14.4. The van der Waals surface area contributed by atoms with Crippen LogP contribution in [-0.4, -0.2) is 16.2 Å². The Balaban J connectivity index is 1.45. The number of anilines is 4. The molecule has 0 fully saturated rings. The molecule has 8 rings (SSSR count). The highest BCUT2D eigenvalue weighted by Crippen LogP contribution is 2.55. The minimum absolute atomic E-state index is 0.0525. The van der Waals surface area contributed by atoms with E-state index in [2.05, 4.69) is 196 Å². The summed E-state index contributed by atoms with van der Waals surface area (Å²) in [7, 11) is 0. The topological polar surface area (TPSA) is 41.1 Å². The van der Waals surface area contributed by atoms with E-state index in [4.69, 9.17) is 10.2 Å². The molecule has 50 heavy (non-hydrogen) atoms. The zero-order valence-electron chi connectivity index (χ0n) is 29.1. The lowest BCUT2D eigenvalue weighted by atomic mass is 9.65. The fraction of sp³-hybridized carbons (Fsp3) is 0.174. The Morgan fingerprint density at radius 3 is 1.90 bits per heavy atom. The van der Waals surface area contributed by atoms with E-state index in [9.17, 15) is 0 Å². The lowest BCUT2D eigenvalue weighted by Gasteiger charge is -2.51. The molecule has 1 N–H and O–H groups in total. The van der Waals surface area contributed by atoms with E-state index < -0.39 is 0 Å². The van der Waals surface area contributed by atoms with Gasteiger partial charge in [0.15, 0.2) is 0 Å². The molecular weight excluding hydrogens is 609 g/mol. The first-order valence-electron chi connectivity index (χ1n) is 17.5. The van der Waals surface area contributed by atoms with Gasteiger partial charge in [0.2, 0.25) is 0 Å². The van der Waals surface area contributed by atoms with Gasteiger partial charge in [0.25, 0.3) is 0 Å². The number of hydrogen-bond acceptors (Lipinski definition) is 4. The van der Waals surface area contributed by atoms with Crippen molar-refractivity contribution in [3.05, 3.63) is 181 Å². The van der Waals surface area contributed by atoms with Crippen molar-refractivity contribution >= 4 is 22.7 Å². The first kappa shape index (κ1) is 31.5. The van der Waals surface area contributed by atoms with Gasteiger partial charge in [-0.2, -0.15) is 0 Å². The number of nitrogens with one attached hydrogen (secondary N) is 1. The van der Waals surface area contributed by atoms with Crippen LogP contribution in [0.4, 0.5) is 22.7 Å². The van der Waals surface area contributed by atoms with E-state index in [0.717, 1.165) is 39.6 Å². The summed E-state index contributed by atoms with van der Waals surface area (Å²) in [4.78, 5) is 2.53. The number of benzene rings is 5. The molecule has 2 aliphatic rings. The minimum Gasteiger partial charge on any atom is -0.352 e. The molecule has 246 valence electrons. The van der Waals surface area contributed by atoms with Crippen molar-refractivity contribution in [1.82, 2.24) is 10.2 Å². The Kier molecular flexibility index (Phi) is 7.95. The van der Waals surface area contributed by atoms with Crippen molar-refractivity contribution in [2.24, 2.45) is 5.92 Å². The first-order valence-corrected chi connectivity index (χ1v) is 17.5. The van der Waals surface area contributed by atoms with Gasteiger partial charge in [-0.1, -0.05) is 179 Å². The molecule has 6 aromatic rings. The normalized spacial score (nSPS) is 17.6. The maximum Gasteiger partial charge on any atom is 0.119 e. The van der Waals surface area contributed by atoms with Crippen LogP contribution in [0.1, 0.15) is 44.4 Å². The van der Waals surface area contributed by atoms with E-state index >= 15 is 0 Å². The summed E-state index contributed by atoms with van der Waals surface area (Å²) in [5.74, 6) is 0.233. The maximum absolute atomic E-state index is 5.09. The van der Waals surface area contributed by atoms with Gasteiger partial charge in [0, 0.05) is 39.2 Å². The van der Waals surface area contributed by atoms with Gasteiger partial charge in [-0.15, -0.1) is 10.2 Å². The van der Waals surface area contributed by atoms with Crippen molar-refractivity contribution in [3.8, 4) is 22.5 Å². The molecule has 0 saturated heterocycles. The number of allylic oxidation sites excluding steroid dienone is 2. The zero-order chi connectivity index (χ0) is 34.3. The molecule has 5 aromatic carbocycles. The first-order chi connectivity index (χ1) is 24.4. The van der Waals surface area contributed by atoms with Gasteiger partial charge < -0.3 is 10.2 Å². The molecule has 0 saturated carbocycles. The van der Waals surface area contributed by atoms with E-state index in [0.29, 0.717) is 0 Å². The van der Waals surface area contributed by atoms with Gasteiger partial charge in [0.1, 0.15) is 11.4 Å². The molecule has 2 unspecified atom stereocenters. The summed E-state index contributed by atoms with van der Waals surface area (Å²) in [6.45, 7) is 9.36. The Hall–Kier alpha value is -5.74. The van der Waals surface area contributed by atoms with Crippen molar-refractivity contribution in [2.75, 3.05) is 10.2 Å². The molecule has 0 spiro atoms. The average molecular weight is 651 g/mol. The molecular formula is C46H42N4. The number of fused-ring (bicyclic) bond motifs is 2. The van der Waals surface area contributed by atoms with Crippen molar-refractivity contribution < 1.29 is 0 Å². The highest BCUT2D eigenvalue weighted by atomic mass is 15.2. The molecule has 1 aliphatic heterocycles. The van der Waals surface area contributed by atoms with E-state index in [1.54, 1.807) is 0 Å². The Morgan fingerprint density at radius 2 is 1.18 bits per heavy atom. The fourth-order valence-corrected chi connectivity index (χ4v) is 8.00. The second-order valence-corrected chi connectivity index (χ2v) is 14.4. The fourth-order valence-electron chi connectivity index (χ4n) is 8.00. The van der Waals surface area contributed by atoms with Crippen molar-refractivity contribution in [2.45, 2.75) is 44.6 Å². The maximum atomic E-state index is 5.09. The number of para-hydroxylation sites is 2. The third-order valence-electron chi connectivity index (χ3n) is 10.7. The average Bonchev–Trinajstić information content (AvgIpc) is 3.16. The van der Waals surface area contributed by atoms with Crippen LogP contribution in [0.2, 0.25) is 0 Å². The summed E-state index contributed by atoms with van der Waals surface area (Å²) in [5, 5.41) is 14.2. The van der Waals surface area contributed by atoms with E-state index in [1.807, 2.05) is 6.07 Å². The van der Waals surface area contributed by atoms with Crippen LogP contribution in [0, 0.1) is 5.92 Å². The molecule has 4 nitrogen and oxygen atoms in total. The second kappa shape index (κ2) is 12.6. The highest BCUT2D eigenvalue weighted by Gasteiger charge is 2.46. The minimum atomic E-state index is -0.273. The molecule has 2 atom stereocenters. The highest BCUT2D eigenvalue weighted by molar-refractivity contribution is 5.98. The number of nitrogens with zero attached hydrogens (tertiary/aromatic N) is 3. The van der Waals surface area contributed by atoms with Crippen LogP contribution in [0.25, 0.3) is 22.5 Å². The molecule has 2 heterocycles. The lowest BCUT2D eigenvalue weighted by Crippen LogP contribution is -2.50. The number of aromatic nitrogens is 2. The number of rotatable bonds is 7. The lowest BCUT2D eigenvalue weighted by molar-refractivity contribution is 0.332.